The normalized spacial score (nSPS) is 20.2. The van der Waals surface area contributed by atoms with Crippen molar-refractivity contribution in [2.45, 2.75) is 12.8 Å². The lowest BCUT2D eigenvalue weighted by molar-refractivity contribution is -0.119. The van der Waals surface area contributed by atoms with Crippen molar-refractivity contribution in [1.82, 2.24) is 9.21 Å². The van der Waals surface area contributed by atoms with Crippen LogP contribution in [0.5, 0.6) is 0 Å². The molecule has 0 radical (unpaired) electrons. The van der Waals surface area contributed by atoms with E-state index in [-0.39, 0.29) is 0 Å². The summed E-state index contributed by atoms with van der Waals surface area (Å²) in [4.78, 5) is 12.3. The molecule has 2 heterocycles. The number of carbonyl (C=O) groups excluding carboxylic acids is 1. The lowest BCUT2D eigenvalue weighted by Crippen LogP contribution is -2.53. The highest BCUT2D eigenvalue weighted by Crippen LogP contribution is 2.30. The second-order valence-electron chi connectivity index (χ2n) is 5.35. The molecule has 1 fully saturated rings. The number of amides is 1. The third kappa shape index (κ3) is 2.63. The van der Waals surface area contributed by atoms with Crippen LogP contribution in [0.15, 0.2) is 24.3 Å². The number of aryl methyl sites for hydroxylation is 1. The summed E-state index contributed by atoms with van der Waals surface area (Å²) < 4.78 is 28.7. The van der Waals surface area contributed by atoms with Crippen LogP contribution in [0, 0.1) is 0 Å². The van der Waals surface area contributed by atoms with E-state index in [1.807, 2.05) is 24.3 Å². The summed E-state index contributed by atoms with van der Waals surface area (Å²) in [6.45, 7) is 2.16. The van der Waals surface area contributed by atoms with Crippen LogP contribution in [0.2, 0.25) is 0 Å². The first kappa shape index (κ1) is 14.3. The van der Waals surface area contributed by atoms with E-state index in [2.05, 4.69) is 0 Å². The SMILES string of the molecule is O=CN1CCN(S(=O)(=O)N2CCCc3ccccc32)CC1. The molecule has 21 heavy (non-hydrogen) atoms. The van der Waals surface area contributed by atoms with Gasteiger partial charge in [0.15, 0.2) is 0 Å². The molecule has 2 aliphatic rings. The van der Waals surface area contributed by atoms with Crippen LogP contribution in [-0.2, 0) is 21.4 Å². The van der Waals surface area contributed by atoms with Gasteiger partial charge in [-0.15, -0.1) is 0 Å². The molecule has 0 bridgehead atoms. The van der Waals surface area contributed by atoms with Crippen molar-refractivity contribution in [3.63, 3.8) is 0 Å². The molecular weight excluding hydrogens is 290 g/mol. The van der Waals surface area contributed by atoms with Gasteiger partial charge in [0.2, 0.25) is 6.41 Å². The van der Waals surface area contributed by atoms with Gasteiger partial charge in [0, 0.05) is 32.7 Å². The number of anilines is 1. The summed E-state index contributed by atoms with van der Waals surface area (Å²) in [7, 11) is -3.51. The molecule has 6 nitrogen and oxygen atoms in total. The fourth-order valence-corrected chi connectivity index (χ4v) is 4.61. The van der Waals surface area contributed by atoms with Crippen LogP contribution in [-0.4, -0.2) is 56.8 Å². The highest BCUT2D eigenvalue weighted by atomic mass is 32.2. The summed E-state index contributed by atoms with van der Waals surface area (Å²) in [6, 6.07) is 7.67. The number of carbonyl (C=O) groups is 1. The number of hydrogen-bond donors (Lipinski definition) is 0. The molecule has 0 N–H and O–H groups in total. The molecule has 114 valence electrons. The zero-order valence-electron chi connectivity index (χ0n) is 11.8. The Hall–Kier alpha value is -1.60. The van der Waals surface area contributed by atoms with Crippen molar-refractivity contribution < 1.29 is 13.2 Å². The molecular formula is C14H19N3O3S. The van der Waals surface area contributed by atoms with Gasteiger partial charge in [0.1, 0.15) is 0 Å². The van der Waals surface area contributed by atoms with Crippen molar-refractivity contribution in [3.8, 4) is 0 Å². The fraction of sp³-hybridized carbons (Fsp3) is 0.500. The van der Waals surface area contributed by atoms with E-state index >= 15 is 0 Å². The second kappa shape index (κ2) is 5.65. The average molecular weight is 309 g/mol. The van der Waals surface area contributed by atoms with Crippen LogP contribution in [0.3, 0.4) is 0 Å². The van der Waals surface area contributed by atoms with Gasteiger partial charge in [0.05, 0.1) is 5.69 Å². The van der Waals surface area contributed by atoms with Crippen molar-refractivity contribution in [2.75, 3.05) is 37.0 Å². The summed E-state index contributed by atoms with van der Waals surface area (Å²) in [5, 5.41) is 0. The molecule has 3 rings (SSSR count). The standard InChI is InChI=1S/C14H19N3O3S/c18-12-15-8-10-16(11-9-15)21(19,20)17-7-3-5-13-4-1-2-6-14(13)17/h1-2,4,6,12H,3,5,7-11H2. The average Bonchev–Trinajstić information content (AvgIpc) is 2.54. The van der Waals surface area contributed by atoms with E-state index in [0.29, 0.717) is 32.7 Å². The van der Waals surface area contributed by atoms with Crippen LogP contribution in [0.1, 0.15) is 12.0 Å². The lowest BCUT2D eigenvalue weighted by Gasteiger charge is -2.38. The molecule has 0 atom stereocenters. The molecule has 0 saturated carbocycles. The predicted octanol–water partition coefficient (Wildman–Crippen LogP) is 0.458. The van der Waals surface area contributed by atoms with E-state index in [1.54, 1.807) is 4.90 Å². The molecule has 1 aromatic rings. The smallest absolute Gasteiger partial charge is 0.304 e. The van der Waals surface area contributed by atoms with E-state index in [1.165, 1.54) is 8.61 Å². The molecule has 1 amide bonds. The van der Waals surface area contributed by atoms with Crippen LogP contribution in [0.25, 0.3) is 0 Å². The van der Waals surface area contributed by atoms with Crippen molar-refractivity contribution in [2.24, 2.45) is 0 Å². The minimum Gasteiger partial charge on any atom is -0.343 e. The number of rotatable bonds is 3. The van der Waals surface area contributed by atoms with Crippen LogP contribution >= 0.6 is 0 Å². The second-order valence-corrected chi connectivity index (χ2v) is 7.21. The Morgan fingerprint density at radius 2 is 1.71 bits per heavy atom. The maximum atomic E-state index is 12.8. The first-order valence-electron chi connectivity index (χ1n) is 7.18. The predicted molar refractivity (Wildman–Crippen MR) is 80.2 cm³/mol. The van der Waals surface area contributed by atoms with Crippen molar-refractivity contribution in [3.05, 3.63) is 29.8 Å². The first-order valence-corrected chi connectivity index (χ1v) is 8.57. The summed E-state index contributed by atoms with van der Waals surface area (Å²) in [6.07, 6.45) is 2.53. The zero-order chi connectivity index (χ0) is 14.9. The number of benzene rings is 1. The Labute approximate surface area is 125 Å². The summed E-state index contributed by atoms with van der Waals surface area (Å²) >= 11 is 0. The number of piperazine rings is 1. The molecule has 0 spiro atoms. The fourth-order valence-electron chi connectivity index (χ4n) is 2.92. The van der Waals surface area contributed by atoms with E-state index in [0.717, 1.165) is 30.5 Å². The van der Waals surface area contributed by atoms with E-state index in [9.17, 15) is 13.2 Å². The zero-order valence-corrected chi connectivity index (χ0v) is 12.6. The van der Waals surface area contributed by atoms with Gasteiger partial charge >= 0.3 is 10.2 Å². The number of para-hydroxylation sites is 1. The summed E-state index contributed by atoms with van der Waals surface area (Å²) in [5.41, 5.74) is 1.88. The van der Waals surface area contributed by atoms with Gasteiger partial charge in [-0.25, -0.2) is 0 Å². The molecule has 1 saturated heterocycles. The maximum Gasteiger partial charge on any atom is 0.304 e. The Bertz CT molecular complexity index is 624. The van der Waals surface area contributed by atoms with Crippen molar-refractivity contribution in [1.29, 1.82) is 0 Å². The van der Waals surface area contributed by atoms with Gasteiger partial charge in [-0.1, -0.05) is 18.2 Å². The van der Waals surface area contributed by atoms with Crippen molar-refractivity contribution >= 4 is 22.3 Å². The number of hydrogen-bond acceptors (Lipinski definition) is 3. The van der Waals surface area contributed by atoms with E-state index in [4.69, 9.17) is 0 Å². The number of nitrogens with zero attached hydrogens (tertiary/aromatic N) is 3. The molecule has 0 aromatic heterocycles. The molecule has 2 aliphatic heterocycles. The largest absolute Gasteiger partial charge is 0.343 e. The Morgan fingerprint density at radius 3 is 2.43 bits per heavy atom. The monoisotopic (exact) mass is 309 g/mol. The van der Waals surface area contributed by atoms with E-state index < -0.39 is 10.2 Å². The highest BCUT2D eigenvalue weighted by Gasteiger charge is 2.34. The Morgan fingerprint density at radius 1 is 1.00 bits per heavy atom. The lowest BCUT2D eigenvalue weighted by atomic mass is 10.0. The number of fused-ring (bicyclic) bond motifs is 1. The molecule has 0 unspecified atom stereocenters. The minimum absolute atomic E-state index is 0.361. The van der Waals surface area contributed by atoms with Gasteiger partial charge in [-0.3, -0.25) is 9.10 Å². The third-order valence-electron chi connectivity index (χ3n) is 4.09. The quantitative estimate of drug-likeness (QED) is 0.762. The van der Waals surface area contributed by atoms with Gasteiger partial charge < -0.3 is 4.90 Å². The molecule has 0 aliphatic carbocycles. The Balaban J connectivity index is 1.85. The Kier molecular flexibility index (Phi) is 3.86. The van der Waals surface area contributed by atoms with Crippen LogP contribution < -0.4 is 4.31 Å². The minimum atomic E-state index is -3.51. The topological polar surface area (TPSA) is 60.9 Å². The molecule has 1 aromatic carbocycles. The van der Waals surface area contributed by atoms with Gasteiger partial charge in [-0.05, 0) is 24.5 Å². The van der Waals surface area contributed by atoms with Gasteiger partial charge in [-0.2, -0.15) is 12.7 Å². The van der Waals surface area contributed by atoms with Crippen LogP contribution in [0.4, 0.5) is 5.69 Å². The third-order valence-corrected chi connectivity index (χ3v) is 6.05. The summed E-state index contributed by atoms with van der Waals surface area (Å²) in [5.74, 6) is 0. The highest BCUT2D eigenvalue weighted by molar-refractivity contribution is 7.90. The first-order chi connectivity index (χ1) is 10.1. The molecule has 7 heteroatoms. The van der Waals surface area contributed by atoms with Gasteiger partial charge in [0.25, 0.3) is 0 Å². The maximum absolute atomic E-state index is 12.8.